The Morgan fingerprint density at radius 1 is 1.23 bits per heavy atom. The Kier molecular flexibility index (Phi) is 5.15. The largest absolute Gasteiger partial charge is 0.340 e. The number of aromatic amines is 1. The first-order chi connectivity index (χ1) is 15.0. The van der Waals surface area contributed by atoms with Crippen molar-refractivity contribution in [2.75, 3.05) is 32.5 Å². The van der Waals surface area contributed by atoms with Gasteiger partial charge in [0.05, 0.1) is 5.39 Å². The Labute approximate surface area is 184 Å². The van der Waals surface area contributed by atoms with Crippen molar-refractivity contribution in [2.45, 2.75) is 30.2 Å². The van der Waals surface area contributed by atoms with Crippen LogP contribution in [0.15, 0.2) is 35.5 Å². The van der Waals surface area contributed by atoms with Crippen molar-refractivity contribution in [3.63, 3.8) is 0 Å². The predicted molar refractivity (Wildman–Crippen MR) is 121 cm³/mol. The molecule has 31 heavy (non-hydrogen) atoms. The summed E-state index contributed by atoms with van der Waals surface area (Å²) in [5, 5.41) is 4.24. The van der Waals surface area contributed by atoms with Gasteiger partial charge in [-0.15, -0.1) is 0 Å². The number of hydrogen-bond donors (Lipinski definition) is 2. The molecule has 2 aliphatic heterocycles. The van der Waals surface area contributed by atoms with Crippen LogP contribution in [-0.4, -0.2) is 69.0 Å². The van der Waals surface area contributed by atoms with Crippen LogP contribution in [0, 0.1) is 0 Å². The lowest BCUT2D eigenvalue weighted by Crippen LogP contribution is -2.44. The van der Waals surface area contributed by atoms with Gasteiger partial charge in [0.15, 0.2) is 5.12 Å². The van der Waals surface area contributed by atoms with Gasteiger partial charge in [0.2, 0.25) is 0 Å². The summed E-state index contributed by atoms with van der Waals surface area (Å²) in [5.74, 6) is 0.620. The molecular weight excluding hydrogens is 412 g/mol. The number of nitrogens with one attached hydrogen (secondary N) is 2. The van der Waals surface area contributed by atoms with Crippen molar-refractivity contribution in [1.82, 2.24) is 24.8 Å². The van der Waals surface area contributed by atoms with Crippen molar-refractivity contribution in [3.8, 4) is 0 Å². The summed E-state index contributed by atoms with van der Waals surface area (Å²) in [6.45, 7) is 1.50. The zero-order valence-corrected chi connectivity index (χ0v) is 18.3. The number of likely N-dealkylation sites (tertiary alicyclic amines) is 1. The van der Waals surface area contributed by atoms with E-state index in [-0.39, 0.29) is 11.0 Å². The molecule has 0 atom stereocenters. The van der Waals surface area contributed by atoms with Crippen LogP contribution in [-0.2, 0) is 11.2 Å². The molecule has 9 heteroatoms. The first kappa shape index (κ1) is 20.0. The zero-order valence-electron chi connectivity index (χ0n) is 17.5. The van der Waals surface area contributed by atoms with E-state index in [9.17, 15) is 9.59 Å². The van der Waals surface area contributed by atoms with E-state index in [2.05, 4.69) is 39.3 Å². The number of hydrogen-bond acceptors (Lipinski definition) is 7. The van der Waals surface area contributed by atoms with Gasteiger partial charge in [0.25, 0.3) is 5.91 Å². The van der Waals surface area contributed by atoms with Gasteiger partial charge in [-0.1, -0.05) is 17.8 Å². The third-order valence-electron chi connectivity index (χ3n) is 6.03. The van der Waals surface area contributed by atoms with Crippen molar-refractivity contribution in [3.05, 3.63) is 41.9 Å². The molecule has 1 amide bonds. The number of benzene rings is 1. The number of aromatic nitrogens is 3. The second-order valence-electron chi connectivity index (χ2n) is 8.25. The van der Waals surface area contributed by atoms with Gasteiger partial charge in [-0.3, -0.25) is 9.59 Å². The molecule has 2 N–H and O–H groups in total. The molecule has 2 aliphatic rings. The van der Waals surface area contributed by atoms with E-state index in [0.29, 0.717) is 29.6 Å². The van der Waals surface area contributed by atoms with Crippen LogP contribution in [0.5, 0.6) is 0 Å². The summed E-state index contributed by atoms with van der Waals surface area (Å²) in [6.07, 6.45) is 3.91. The molecule has 1 aromatic carbocycles. The highest BCUT2D eigenvalue weighted by Gasteiger charge is 2.26. The van der Waals surface area contributed by atoms with E-state index in [1.54, 1.807) is 0 Å². The van der Waals surface area contributed by atoms with E-state index in [1.165, 1.54) is 18.1 Å². The second-order valence-corrected chi connectivity index (χ2v) is 9.35. The molecule has 3 aromatic rings. The van der Waals surface area contributed by atoms with E-state index in [1.807, 2.05) is 29.2 Å². The highest BCUT2D eigenvalue weighted by molar-refractivity contribution is 8.14. The second kappa shape index (κ2) is 7.97. The molecule has 1 fully saturated rings. The molecule has 0 spiro atoms. The number of carbonyl (C=O) groups is 2. The van der Waals surface area contributed by atoms with Crippen molar-refractivity contribution < 1.29 is 9.59 Å². The Bertz CT molecular complexity index is 1170. The molecule has 2 aromatic heterocycles. The van der Waals surface area contributed by atoms with Gasteiger partial charge in [0.1, 0.15) is 23.5 Å². The van der Waals surface area contributed by atoms with Crippen molar-refractivity contribution >= 4 is 45.3 Å². The third-order valence-corrected chi connectivity index (χ3v) is 7.00. The fourth-order valence-corrected chi connectivity index (χ4v) is 5.16. The lowest BCUT2D eigenvalue weighted by molar-refractivity contribution is -0.110. The maximum Gasteiger partial charge on any atom is 0.270 e. The Morgan fingerprint density at radius 3 is 2.81 bits per heavy atom. The van der Waals surface area contributed by atoms with Gasteiger partial charge in [-0.2, -0.15) is 0 Å². The average molecular weight is 437 g/mol. The summed E-state index contributed by atoms with van der Waals surface area (Å²) in [7, 11) is 4.18. The minimum atomic E-state index is -0.00593. The van der Waals surface area contributed by atoms with Crippen LogP contribution in [0.3, 0.4) is 0 Å². The van der Waals surface area contributed by atoms with Gasteiger partial charge >= 0.3 is 0 Å². The first-order valence-corrected chi connectivity index (χ1v) is 11.2. The van der Waals surface area contributed by atoms with Crippen LogP contribution < -0.4 is 5.32 Å². The molecule has 0 unspecified atom stereocenters. The molecule has 8 nitrogen and oxygen atoms in total. The van der Waals surface area contributed by atoms with E-state index < -0.39 is 0 Å². The van der Waals surface area contributed by atoms with Gasteiger partial charge in [-0.25, -0.2) is 9.97 Å². The third kappa shape index (κ3) is 3.90. The zero-order chi connectivity index (χ0) is 21.5. The SMILES string of the molecule is CN(C)C1CCN(C(=O)c2cc3c(Nc4ccc5c(c4)SC(=O)C5)ncnc3[nH]2)CC1. The topological polar surface area (TPSA) is 94.2 Å². The van der Waals surface area contributed by atoms with E-state index in [4.69, 9.17) is 0 Å². The van der Waals surface area contributed by atoms with Gasteiger partial charge in [-0.05, 0) is 50.7 Å². The molecule has 0 bridgehead atoms. The highest BCUT2D eigenvalue weighted by Crippen LogP contribution is 2.35. The Morgan fingerprint density at radius 2 is 2.03 bits per heavy atom. The monoisotopic (exact) mass is 436 g/mol. The summed E-state index contributed by atoms with van der Waals surface area (Å²) in [4.78, 5) is 41.7. The number of rotatable bonds is 4. The van der Waals surface area contributed by atoms with Gasteiger partial charge in [0, 0.05) is 36.1 Å². The number of nitrogens with zero attached hydrogens (tertiary/aromatic N) is 4. The fraction of sp³-hybridized carbons (Fsp3) is 0.364. The molecule has 0 radical (unpaired) electrons. The molecule has 1 saturated heterocycles. The molecule has 0 aliphatic carbocycles. The number of H-pyrrole nitrogens is 1. The molecular formula is C22H24N6O2S. The highest BCUT2D eigenvalue weighted by atomic mass is 32.2. The maximum absolute atomic E-state index is 13.1. The van der Waals surface area contributed by atoms with Crippen molar-refractivity contribution in [2.24, 2.45) is 0 Å². The minimum absolute atomic E-state index is 0.00593. The van der Waals surface area contributed by atoms with Crippen LogP contribution in [0.2, 0.25) is 0 Å². The number of thioether (sulfide) groups is 1. The predicted octanol–water partition coefficient (Wildman–Crippen LogP) is 3.04. The standard InChI is InChI=1S/C22H24N6O2S/c1-27(2)15-5-7-28(8-6-15)22(30)17-11-16-20(23-12-24-21(16)26-17)25-14-4-3-13-9-19(29)31-18(13)10-14/h3-4,10-12,15H,5-9H2,1-2H3,(H2,23,24,25,26). The molecule has 5 rings (SSSR count). The molecule has 160 valence electrons. The number of anilines is 2. The molecule has 0 saturated carbocycles. The maximum atomic E-state index is 13.1. The van der Waals surface area contributed by atoms with Crippen LogP contribution in [0.4, 0.5) is 11.5 Å². The number of amides is 1. The minimum Gasteiger partial charge on any atom is -0.340 e. The summed E-state index contributed by atoms with van der Waals surface area (Å²) >= 11 is 1.27. The van der Waals surface area contributed by atoms with Crippen LogP contribution in [0.25, 0.3) is 11.0 Å². The summed E-state index contributed by atoms with van der Waals surface area (Å²) in [5.41, 5.74) is 3.05. The number of carbonyl (C=O) groups excluding carboxylic acids is 2. The lowest BCUT2D eigenvalue weighted by Gasteiger charge is -2.35. The van der Waals surface area contributed by atoms with E-state index >= 15 is 0 Å². The quantitative estimate of drug-likeness (QED) is 0.649. The smallest absolute Gasteiger partial charge is 0.270 e. The normalized spacial score (nSPS) is 16.9. The Balaban J connectivity index is 1.37. The van der Waals surface area contributed by atoms with Crippen LogP contribution in [0.1, 0.15) is 28.9 Å². The first-order valence-electron chi connectivity index (χ1n) is 10.4. The summed E-state index contributed by atoms with van der Waals surface area (Å²) < 4.78 is 0. The number of fused-ring (bicyclic) bond motifs is 2. The molecule has 4 heterocycles. The number of piperidine rings is 1. The average Bonchev–Trinajstić information content (AvgIpc) is 3.36. The van der Waals surface area contributed by atoms with Crippen LogP contribution >= 0.6 is 11.8 Å². The Hall–Kier alpha value is -2.91. The van der Waals surface area contributed by atoms with E-state index in [0.717, 1.165) is 47.5 Å². The van der Waals surface area contributed by atoms with Crippen molar-refractivity contribution in [1.29, 1.82) is 0 Å². The summed E-state index contributed by atoms with van der Waals surface area (Å²) in [6, 6.07) is 8.22. The lowest BCUT2D eigenvalue weighted by atomic mass is 10.0. The van der Waals surface area contributed by atoms with Gasteiger partial charge < -0.3 is 20.1 Å². The fourth-order valence-electron chi connectivity index (χ4n) is 4.23.